The van der Waals surface area contributed by atoms with Gasteiger partial charge in [-0.05, 0) is 58.8 Å². The topological polar surface area (TPSA) is 18.5 Å². The summed E-state index contributed by atoms with van der Waals surface area (Å²) >= 11 is 0. The highest BCUT2D eigenvalue weighted by Crippen LogP contribution is 2.28. The van der Waals surface area contributed by atoms with Crippen LogP contribution in [0.2, 0.25) is 0 Å². The molecule has 94 valence electrons. The quantitative estimate of drug-likeness (QED) is 0.728. The molecular formula is C13H27N3. The zero-order valence-electron chi connectivity index (χ0n) is 10.9. The molecule has 0 spiro atoms. The van der Waals surface area contributed by atoms with Crippen LogP contribution in [0, 0.1) is 5.92 Å². The third-order valence-corrected chi connectivity index (χ3v) is 3.85. The van der Waals surface area contributed by atoms with Gasteiger partial charge < -0.3 is 10.2 Å². The molecular weight excluding hydrogens is 198 g/mol. The molecule has 3 heteroatoms. The van der Waals surface area contributed by atoms with Crippen molar-refractivity contribution < 1.29 is 0 Å². The third kappa shape index (κ3) is 4.04. The maximum Gasteiger partial charge on any atom is 0.0112 e. The maximum atomic E-state index is 3.46. The predicted molar refractivity (Wildman–Crippen MR) is 68.7 cm³/mol. The summed E-state index contributed by atoms with van der Waals surface area (Å²) in [5.41, 5.74) is 0. The highest BCUT2D eigenvalue weighted by molar-refractivity contribution is 4.86. The zero-order chi connectivity index (χ0) is 11.4. The fourth-order valence-corrected chi connectivity index (χ4v) is 2.59. The van der Waals surface area contributed by atoms with E-state index in [0.29, 0.717) is 0 Å². The van der Waals surface area contributed by atoms with E-state index < -0.39 is 0 Å². The third-order valence-electron chi connectivity index (χ3n) is 3.85. The second-order valence-corrected chi connectivity index (χ2v) is 5.72. The lowest BCUT2D eigenvalue weighted by Gasteiger charge is -2.30. The molecule has 0 aromatic carbocycles. The van der Waals surface area contributed by atoms with Crippen molar-refractivity contribution in [3.63, 3.8) is 0 Å². The lowest BCUT2D eigenvalue weighted by Crippen LogP contribution is -2.40. The Hall–Kier alpha value is -0.120. The Morgan fingerprint density at radius 2 is 1.69 bits per heavy atom. The number of nitrogens with one attached hydrogen (secondary N) is 1. The average molecular weight is 225 g/mol. The van der Waals surface area contributed by atoms with Gasteiger partial charge in [0, 0.05) is 25.7 Å². The van der Waals surface area contributed by atoms with Gasteiger partial charge in [-0.3, -0.25) is 4.90 Å². The molecule has 2 fully saturated rings. The summed E-state index contributed by atoms with van der Waals surface area (Å²) in [6.45, 7) is 6.29. The molecule has 3 nitrogen and oxygen atoms in total. The zero-order valence-corrected chi connectivity index (χ0v) is 10.9. The Balaban J connectivity index is 1.73. The van der Waals surface area contributed by atoms with E-state index in [4.69, 9.17) is 0 Å². The van der Waals surface area contributed by atoms with Crippen molar-refractivity contribution in [2.45, 2.75) is 31.7 Å². The average Bonchev–Trinajstić information content (AvgIpc) is 3.09. The molecule has 0 aromatic heterocycles. The number of piperidine rings is 1. The minimum atomic E-state index is 0.926. The van der Waals surface area contributed by atoms with Crippen LogP contribution in [-0.2, 0) is 0 Å². The van der Waals surface area contributed by atoms with Gasteiger partial charge in [-0.25, -0.2) is 0 Å². The first-order chi connectivity index (χ1) is 7.75. The number of rotatable bonds is 6. The molecule has 2 rings (SSSR count). The molecule has 2 aliphatic rings. The number of nitrogens with zero attached hydrogens (tertiary/aromatic N) is 2. The first-order valence-corrected chi connectivity index (χ1v) is 6.85. The van der Waals surface area contributed by atoms with Crippen LogP contribution in [0.25, 0.3) is 0 Å². The Bertz CT molecular complexity index is 195. The van der Waals surface area contributed by atoms with Gasteiger partial charge in [0.05, 0.1) is 0 Å². The lowest BCUT2D eigenvalue weighted by atomic mass is 9.97. The van der Waals surface area contributed by atoms with Gasteiger partial charge in [0.25, 0.3) is 0 Å². The largest absolute Gasteiger partial charge is 0.317 e. The van der Waals surface area contributed by atoms with Crippen molar-refractivity contribution >= 4 is 0 Å². The van der Waals surface area contributed by atoms with Gasteiger partial charge in [0.2, 0.25) is 0 Å². The van der Waals surface area contributed by atoms with Gasteiger partial charge in [-0.2, -0.15) is 0 Å². The van der Waals surface area contributed by atoms with Gasteiger partial charge in [0.15, 0.2) is 0 Å². The van der Waals surface area contributed by atoms with Crippen molar-refractivity contribution in [3.8, 4) is 0 Å². The second kappa shape index (κ2) is 5.99. The molecule has 0 unspecified atom stereocenters. The summed E-state index contributed by atoms with van der Waals surface area (Å²) < 4.78 is 0. The number of hydrogen-bond donors (Lipinski definition) is 1. The van der Waals surface area contributed by atoms with Crippen molar-refractivity contribution in [1.82, 2.24) is 15.1 Å². The standard InChI is InChI=1S/C13H27N3/c1-15(2)9-10-16(13-3-4-13)11-12-5-7-14-8-6-12/h12-14H,3-11H2,1-2H3. The molecule has 1 heterocycles. The van der Waals surface area contributed by atoms with Crippen LogP contribution in [0.3, 0.4) is 0 Å². The van der Waals surface area contributed by atoms with Crippen molar-refractivity contribution in [2.24, 2.45) is 5.92 Å². The number of likely N-dealkylation sites (N-methyl/N-ethyl adjacent to an activating group) is 1. The molecule has 1 saturated heterocycles. The Labute approximate surface area is 100 Å². The first-order valence-electron chi connectivity index (χ1n) is 6.85. The number of hydrogen-bond acceptors (Lipinski definition) is 3. The maximum absolute atomic E-state index is 3.46. The SMILES string of the molecule is CN(C)CCN(CC1CCNCC1)C1CC1. The highest BCUT2D eigenvalue weighted by Gasteiger charge is 2.30. The van der Waals surface area contributed by atoms with Gasteiger partial charge in [0.1, 0.15) is 0 Å². The van der Waals surface area contributed by atoms with E-state index >= 15 is 0 Å². The minimum absolute atomic E-state index is 0.926. The van der Waals surface area contributed by atoms with Crippen LogP contribution < -0.4 is 5.32 Å². The highest BCUT2D eigenvalue weighted by atomic mass is 15.2. The molecule has 0 atom stereocenters. The fourth-order valence-electron chi connectivity index (χ4n) is 2.59. The summed E-state index contributed by atoms with van der Waals surface area (Å²) in [4.78, 5) is 5.05. The van der Waals surface area contributed by atoms with Crippen molar-refractivity contribution in [3.05, 3.63) is 0 Å². The summed E-state index contributed by atoms with van der Waals surface area (Å²) in [6.07, 6.45) is 5.65. The molecule has 0 amide bonds. The Morgan fingerprint density at radius 3 is 2.25 bits per heavy atom. The van der Waals surface area contributed by atoms with Crippen LogP contribution in [-0.4, -0.2) is 62.7 Å². The van der Waals surface area contributed by atoms with Crippen molar-refractivity contribution in [2.75, 3.05) is 46.8 Å². The molecule has 0 aromatic rings. The van der Waals surface area contributed by atoms with Gasteiger partial charge >= 0.3 is 0 Å². The Morgan fingerprint density at radius 1 is 1.00 bits per heavy atom. The molecule has 1 saturated carbocycles. The summed E-state index contributed by atoms with van der Waals surface area (Å²) in [5.74, 6) is 0.948. The summed E-state index contributed by atoms with van der Waals surface area (Å²) in [5, 5.41) is 3.46. The van der Waals surface area contributed by atoms with E-state index in [2.05, 4.69) is 29.2 Å². The second-order valence-electron chi connectivity index (χ2n) is 5.72. The lowest BCUT2D eigenvalue weighted by molar-refractivity contribution is 0.182. The fraction of sp³-hybridized carbons (Fsp3) is 1.00. The van der Waals surface area contributed by atoms with E-state index in [-0.39, 0.29) is 0 Å². The normalized spacial score (nSPS) is 23.2. The smallest absolute Gasteiger partial charge is 0.0112 e. The van der Waals surface area contributed by atoms with E-state index in [9.17, 15) is 0 Å². The molecule has 16 heavy (non-hydrogen) atoms. The molecule has 1 aliphatic carbocycles. The van der Waals surface area contributed by atoms with E-state index in [1.807, 2.05) is 0 Å². The molecule has 1 N–H and O–H groups in total. The van der Waals surface area contributed by atoms with E-state index in [1.54, 1.807) is 0 Å². The van der Waals surface area contributed by atoms with E-state index in [1.165, 1.54) is 58.4 Å². The summed E-state index contributed by atoms with van der Waals surface area (Å²) in [6, 6.07) is 0.926. The van der Waals surface area contributed by atoms with Crippen molar-refractivity contribution in [1.29, 1.82) is 0 Å². The van der Waals surface area contributed by atoms with Crippen LogP contribution in [0.5, 0.6) is 0 Å². The van der Waals surface area contributed by atoms with E-state index in [0.717, 1.165) is 12.0 Å². The Kier molecular flexibility index (Phi) is 4.62. The van der Waals surface area contributed by atoms with Crippen LogP contribution in [0.15, 0.2) is 0 Å². The predicted octanol–water partition coefficient (Wildman–Crippen LogP) is 1.01. The van der Waals surface area contributed by atoms with Crippen LogP contribution in [0.1, 0.15) is 25.7 Å². The van der Waals surface area contributed by atoms with Crippen LogP contribution >= 0.6 is 0 Å². The van der Waals surface area contributed by atoms with Gasteiger partial charge in [-0.15, -0.1) is 0 Å². The first kappa shape index (κ1) is 12.3. The molecule has 1 aliphatic heterocycles. The van der Waals surface area contributed by atoms with Crippen LogP contribution in [0.4, 0.5) is 0 Å². The van der Waals surface area contributed by atoms with Gasteiger partial charge in [-0.1, -0.05) is 0 Å². The molecule has 0 bridgehead atoms. The minimum Gasteiger partial charge on any atom is -0.317 e. The summed E-state index contributed by atoms with van der Waals surface area (Å²) in [7, 11) is 4.35. The molecule has 0 radical (unpaired) electrons. The monoisotopic (exact) mass is 225 g/mol.